The van der Waals surface area contributed by atoms with Crippen LogP contribution in [0.15, 0.2) is 46.9 Å². The third kappa shape index (κ3) is 3.74. The molecule has 0 spiro atoms. The second-order valence-corrected chi connectivity index (χ2v) is 6.05. The predicted octanol–water partition coefficient (Wildman–Crippen LogP) is 5.68. The molecule has 0 aliphatic rings. The predicted molar refractivity (Wildman–Crippen MR) is 80.6 cm³/mol. The van der Waals surface area contributed by atoms with Crippen molar-refractivity contribution in [2.45, 2.75) is 11.5 Å². The van der Waals surface area contributed by atoms with Crippen molar-refractivity contribution in [1.29, 1.82) is 0 Å². The van der Waals surface area contributed by atoms with Crippen molar-refractivity contribution in [2.75, 3.05) is 0 Å². The molecule has 0 fully saturated rings. The van der Waals surface area contributed by atoms with Gasteiger partial charge in [-0.1, -0.05) is 35.9 Å². The second kappa shape index (κ2) is 6.60. The van der Waals surface area contributed by atoms with Crippen LogP contribution in [0.25, 0.3) is 0 Å². The molecule has 0 amide bonds. The van der Waals surface area contributed by atoms with E-state index in [0.29, 0.717) is 4.47 Å². The van der Waals surface area contributed by atoms with Crippen molar-refractivity contribution in [3.8, 4) is 0 Å². The van der Waals surface area contributed by atoms with Crippen molar-refractivity contribution in [3.05, 3.63) is 68.9 Å². The molecule has 0 radical (unpaired) electrons. The second-order valence-electron chi connectivity index (χ2n) is 3.83. The number of halogens is 3. The average Bonchev–Trinajstić information content (AvgIpc) is 2.37. The average molecular weight is 346 g/mol. The van der Waals surface area contributed by atoms with Gasteiger partial charge in [0.05, 0.1) is 4.47 Å². The van der Waals surface area contributed by atoms with Crippen molar-refractivity contribution in [2.24, 2.45) is 0 Å². The molecule has 0 bridgehead atoms. The Hall–Kier alpha value is -0.510. The van der Waals surface area contributed by atoms with Gasteiger partial charge in [-0.25, -0.2) is 4.39 Å². The molecule has 0 aromatic heterocycles. The van der Waals surface area contributed by atoms with E-state index in [0.717, 1.165) is 22.1 Å². The summed E-state index contributed by atoms with van der Waals surface area (Å²) in [6.45, 7) is 0. The zero-order valence-corrected chi connectivity index (χ0v) is 12.7. The van der Waals surface area contributed by atoms with Gasteiger partial charge in [-0.3, -0.25) is 0 Å². The first-order valence-corrected chi connectivity index (χ1v) is 7.74. The minimum atomic E-state index is -0.209. The molecule has 0 nitrogen and oxygen atoms in total. The highest BCUT2D eigenvalue weighted by atomic mass is 79.9. The smallest absolute Gasteiger partial charge is 0.137 e. The van der Waals surface area contributed by atoms with Gasteiger partial charge in [0, 0.05) is 16.5 Å². The van der Waals surface area contributed by atoms with Crippen LogP contribution in [0.3, 0.4) is 0 Å². The fraction of sp³-hybridized carbons (Fsp3) is 0.143. The molecule has 18 heavy (non-hydrogen) atoms. The number of rotatable bonds is 4. The van der Waals surface area contributed by atoms with Crippen molar-refractivity contribution in [3.63, 3.8) is 0 Å². The van der Waals surface area contributed by atoms with Gasteiger partial charge in [-0.05, 0) is 45.3 Å². The number of thioether (sulfide) groups is 1. The molecular formula is C14H11BrClFS. The lowest BCUT2D eigenvalue weighted by molar-refractivity contribution is 0.619. The molecule has 2 aromatic rings. The fourth-order valence-electron chi connectivity index (χ4n) is 1.52. The summed E-state index contributed by atoms with van der Waals surface area (Å²) < 4.78 is 13.9. The molecule has 4 heteroatoms. The van der Waals surface area contributed by atoms with E-state index in [2.05, 4.69) is 15.9 Å². The molecule has 0 N–H and O–H groups in total. The molecule has 0 aliphatic heterocycles. The lowest BCUT2D eigenvalue weighted by atomic mass is 10.2. The lowest BCUT2D eigenvalue weighted by Crippen LogP contribution is -1.88. The van der Waals surface area contributed by atoms with Gasteiger partial charge in [-0.2, -0.15) is 11.8 Å². The monoisotopic (exact) mass is 344 g/mol. The van der Waals surface area contributed by atoms with Gasteiger partial charge < -0.3 is 0 Å². The lowest BCUT2D eigenvalue weighted by Gasteiger charge is -2.05. The van der Waals surface area contributed by atoms with Crippen LogP contribution in [0.1, 0.15) is 11.1 Å². The van der Waals surface area contributed by atoms with Gasteiger partial charge in [-0.15, -0.1) is 0 Å². The molecule has 94 valence electrons. The highest BCUT2D eigenvalue weighted by Crippen LogP contribution is 2.26. The van der Waals surface area contributed by atoms with Crippen LogP contribution >= 0.6 is 39.3 Å². The van der Waals surface area contributed by atoms with Crippen molar-refractivity contribution in [1.82, 2.24) is 0 Å². The first kappa shape index (κ1) is 13.9. The van der Waals surface area contributed by atoms with Gasteiger partial charge in [0.1, 0.15) is 5.82 Å². The van der Waals surface area contributed by atoms with Crippen LogP contribution in [-0.4, -0.2) is 0 Å². The maximum atomic E-state index is 13.3. The minimum absolute atomic E-state index is 0.209. The number of benzene rings is 2. The van der Waals surface area contributed by atoms with Crippen LogP contribution in [0.5, 0.6) is 0 Å². The van der Waals surface area contributed by atoms with E-state index in [9.17, 15) is 4.39 Å². The summed E-state index contributed by atoms with van der Waals surface area (Å²) in [5.74, 6) is 1.46. The third-order valence-corrected chi connectivity index (χ3v) is 4.66. The van der Waals surface area contributed by atoms with Gasteiger partial charge in [0.25, 0.3) is 0 Å². The normalized spacial score (nSPS) is 10.6. The highest BCUT2D eigenvalue weighted by Gasteiger charge is 2.05. The summed E-state index contributed by atoms with van der Waals surface area (Å²) in [6.07, 6.45) is 0. The van der Waals surface area contributed by atoms with Gasteiger partial charge in [0.15, 0.2) is 0 Å². The number of hydrogen-bond acceptors (Lipinski definition) is 1. The van der Waals surface area contributed by atoms with E-state index in [1.54, 1.807) is 17.8 Å². The Morgan fingerprint density at radius 1 is 1.06 bits per heavy atom. The standard InChI is InChI=1S/C14H11BrClFS/c15-14-11(2-1-3-13(14)17)9-18-8-10-4-6-12(16)7-5-10/h1-7H,8-9H2. The van der Waals surface area contributed by atoms with E-state index in [1.807, 2.05) is 30.3 Å². The third-order valence-electron chi connectivity index (χ3n) is 2.47. The molecular weight excluding hydrogens is 335 g/mol. The maximum Gasteiger partial charge on any atom is 0.137 e. The summed E-state index contributed by atoms with van der Waals surface area (Å²) in [7, 11) is 0. The largest absolute Gasteiger partial charge is 0.206 e. The summed E-state index contributed by atoms with van der Waals surface area (Å²) in [5.41, 5.74) is 2.20. The Kier molecular flexibility index (Phi) is 5.10. The summed E-state index contributed by atoms with van der Waals surface area (Å²) in [6, 6.07) is 12.9. The molecule has 0 unspecified atom stereocenters. The molecule has 0 saturated carbocycles. The Bertz CT molecular complexity index is 528. The first-order valence-electron chi connectivity index (χ1n) is 5.42. The van der Waals surface area contributed by atoms with Crippen LogP contribution < -0.4 is 0 Å². The molecule has 2 rings (SSSR count). The minimum Gasteiger partial charge on any atom is -0.206 e. The van der Waals surface area contributed by atoms with E-state index < -0.39 is 0 Å². The van der Waals surface area contributed by atoms with E-state index in [1.165, 1.54) is 11.6 Å². The molecule has 0 heterocycles. The van der Waals surface area contributed by atoms with Crippen molar-refractivity contribution >= 4 is 39.3 Å². The fourth-order valence-corrected chi connectivity index (χ4v) is 3.23. The Morgan fingerprint density at radius 2 is 1.78 bits per heavy atom. The Labute approximate surface area is 124 Å². The highest BCUT2D eigenvalue weighted by molar-refractivity contribution is 9.10. The molecule has 0 aliphatic carbocycles. The number of hydrogen-bond donors (Lipinski definition) is 0. The van der Waals surface area contributed by atoms with Crippen LogP contribution in [0.4, 0.5) is 4.39 Å². The summed E-state index contributed by atoms with van der Waals surface area (Å²) in [4.78, 5) is 0. The Morgan fingerprint density at radius 3 is 2.50 bits per heavy atom. The van der Waals surface area contributed by atoms with E-state index in [-0.39, 0.29) is 5.82 Å². The van der Waals surface area contributed by atoms with Gasteiger partial charge in [0.2, 0.25) is 0 Å². The first-order chi connectivity index (χ1) is 8.66. The topological polar surface area (TPSA) is 0 Å². The SMILES string of the molecule is Fc1cccc(CSCc2ccc(Cl)cc2)c1Br. The summed E-state index contributed by atoms with van der Waals surface area (Å²) in [5, 5.41) is 0.747. The molecule has 0 atom stereocenters. The van der Waals surface area contributed by atoms with Crippen molar-refractivity contribution < 1.29 is 4.39 Å². The quantitative estimate of drug-likeness (QED) is 0.687. The molecule has 2 aromatic carbocycles. The summed E-state index contributed by atoms with van der Waals surface area (Å²) >= 11 is 10.8. The van der Waals surface area contributed by atoms with Crippen LogP contribution in [0.2, 0.25) is 5.02 Å². The van der Waals surface area contributed by atoms with E-state index >= 15 is 0 Å². The maximum absolute atomic E-state index is 13.3. The zero-order chi connectivity index (χ0) is 13.0. The van der Waals surface area contributed by atoms with Gasteiger partial charge >= 0.3 is 0 Å². The van der Waals surface area contributed by atoms with E-state index in [4.69, 9.17) is 11.6 Å². The van der Waals surface area contributed by atoms with Crippen LogP contribution in [-0.2, 0) is 11.5 Å². The molecule has 0 saturated heterocycles. The Balaban J connectivity index is 1.92. The zero-order valence-electron chi connectivity index (χ0n) is 9.50. The van der Waals surface area contributed by atoms with Crippen LogP contribution in [0, 0.1) is 5.82 Å².